The van der Waals surface area contributed by atoms with Crippen LogP contribution in [0.3, 0.4) is 0 Å². The lowest BCUT2D eigenvalue weighted by atomic mass is 10.0. The van der Waals surface area contributed by atoms with E-state index in [9.17, 15) is 4.79 Å². The van der Waals surface area contributed by atoms with Crippen molar-refractivity contribution >= 4 is 12.2 Å². The Hall–Kier alpha value is -4.26. The maximum Gasteiger partial charge on any atom is 0.331 e. The van der Waals surface area contributed by atoms with E-state index in [4.69, 9.17) is 23.9 Å². The van der Waals surface area contributed by atoms with Gasteiger partial charge in [-0.05, 0) is 59.4 Å². The minimum absolute atomic E-state index is 0.200. The molecule has 0 spiro atoms. The average molecular weight is 566 g/mol. The summed E-state index contributed by atoms with van der Waals surface area (Å²) in [5, 5.41) is 0. The minimum Gasteiger partial charge on any atom is -0.491 e. The molecule has 0 aliphatic rings. The number of esters is 1. The average Bonchev–Trinajstić information content (AvgIpc) is 3.03. The Morgan fingerprint density at radius 2 is 1.33 bits per heavy atom. The molecule has 4 rings (SSSR count). The number of ether oxygens (including phenoxy) is 4. The molecule has 6 nitrogen and oxygen atoms in total. The van der Waals surface area contributed by atoms with E-state index in [0.717, 1.165) is 39.1 Å². The third-order valence-electron chi connectivity index (χ3n) is 6.69. The molecule has 4 aromatic carbocycles. The monoisotopic (exact) mass is 565 g/mol. The number of carbonyl (C=O) groups excluding carboxylic acids is 1. The van der Waals surface area contributed by atoms with Crippen molar-refractivity contribution in [3.05, 3.63) is 137 Å². The van der Waals surface area contributed by atoms with Crippen LogP contribution in [0.15, 0.2) is 108 Å². The molecule has 0 saturated heterocycles. The van der Waals surface area contributed by atoms with Gasteiger partial charge in [0.2, 0.25) is 0 Å². The smallest absolute Gasteiger partial charge is 0.331 e. The molecule has 0 bridgehead atoms. The fourth-order valence-electron chi connectivity index (χ4n) is 4.38. The molecule has 0 aliphatic heterocycles. The molecule has 0 N–H and O–H groups in total. The molecule has 42 heavy (non-hydrogen) atoms. The Morgan fingerprint density at radius 1 is 0.738 bits per heavy atom. The third kappa shape index (κ3) is 9.98. The molecule has 1 atom stereocenters. The summed E-state index contributed by atoms with van der Waals surface area (Å²) >= 11 is 0. The Labute approximate surface area is 248 Å². The first-order chi connectivity index (χ1) is 20.6. The van der Waals surface area contributed by atoms with Gasteiger partial charge in [-0.25, -0.2) is 4.79 Å². The molecule has 0 saturated carbocycles. The van der Waals surface area contributed by atoms with Crippen LogP contribution in [0.4, 0.5) is 0 Å². The largest absolute Gasteiger partial charge is 0.491 e. The van der Waals surface area contributed by atoms with Crippen LogP contribution in [-0.2, 0) is 45.2 Å². The van der Waals surface area contributed by atoms with Gasteiger partial charge >= 0.3 is 5.97 Å². The second-order valence-corrected chi connectivity index (χ2v) is 9.91. The van der Waals surface area contributed by atoms with Crippen LogP contribution in [0.2, 0.25) is 0 Å². The lowest BCUT2D eigenvalue weighted by molar-refractivity contribution is -0.146. The van der Waals surface area contributed by atoms with Crippen molar-refractivity contribution in [1.82, 2.24) is 0 Å². The molecule has 218 valence electrons. The summed E-state index contributed by atoms with van der Waals surface area (Å²) in [7, 11) is 0. The van der Waals surface area contributed by atoms with Crippen LogP contribution in [0, 0.1) is 6.92 Å². The van der Waals surface area contributed by atoms with E-state index in [-0.39, 0.29) is 12.6 Å². The summed E-state index contributed by atoms with van der Waals surface area (Å²) < 4.78 is 23.3. The molecule has 0 heterocycles. The van der Waals surface area contributed by atoms with E-state index < -0.39 is 6.04 Å². The second-order valence-electron chi connectivity index (χ2n) is 9.91. The summed E-state index contributed by atoms with van der Waals surface area (Å²) in [5.41, 5.74) is 5.79. The van der Waals surface area contributed by atoms with Gasteiger partial charge in [-0.1, -0.05) is 91.0 Å². The predicted molar refractivity (Wildman–Crippen MR) is 166 cm³/mol. The molecule has 6 heteroatoms. The number of hydrogen-bond acceptors (Lipinski definition) is 6. The number of rotatable bonds is 16. The van der Waals surface area contributed by atoms with Crippen molar-refractivity contribution in [3.63, 3.8) is 0 Å². The van der Waals surface area contributed by atoms with Crippen molar-refractivity contribution in [2.75, 3.05) is 19.8 Å². The first-order valence-electron chi connectivity index (χ1n) is 14.4. The standard InChI is InChI=1S/C36H39NO5/c1-3-39-19-20-41-35-23-32(26-40-25-30-15-9-5-10-16-30)21-33(28(35)2)24-37-34(22-29-13-7-4-8-14-29)36(38)42-27-31-17-11-6-12-18-31/h4-18,21,23-24,34H,3,19-20,22,25-27H2,1-2H3. The Morgan fingerprint density at radius 3 is 1.98 bits per heavy atom. The number of aliphatic imine (C=N–C) groups is 1. The van der Waals surface area contributed by atoms with Crippen LogP contribution in [0.1, 0.15) is 40.3 Å². The Kier molecular flexibility index (Phi) is 12.3. The van der Waals surface area contributed by atoms with Gasteiger partial charge in [-0.3, -0.25) is 4.99 Å². The summed E-state index contributed by atoms with van der Waals surface area (Å²) in [4.78, 5) is 18.0. The summed E-state index contributed by atoms with van der Waals surface area (Å²) in [6.07, 6.45) is 2.18. The fraction of sp³-hybridized carbons (Fsp3) is 0.278. The van der Waals surface area contributed by atoms with Crippen LogP contribution >= 0.6 is 0 Å². The van der Waals surface area contributed by atoms with Gasteiger partial charge in [-0.15, -0.1) is 0 Å². The van der Waals surface area contributed by atoms with Gasteiger partial charge in [0.15, 0.2) is 6.04 Å². The highest BCUT2D eigenvalue weighted by Crippen LogP contribution is 2.25. The van der Waals surface area contributed by atoms with Crippen molar-refractivity contribution in [3.8, 4) is 5.75 Å². The second kappa shape index (κ2) is 16.9. The van der Waals surface area contributed by atoms with Crippen molar-refractivity contribution in [2.45, 2.75) is 46.1 Å². The Bertz CT molecular complexity index is 1390. The molecule has 0 aliphatic carbocycles. The first-order valence-corrected chi connectivity index (χ1v) is 14.4. The van der Waals surface area contributed by atoms with Crippen molar-refractivity contribution in [1.29, 1.82) is 0 Å². The molecule has 0 amide bonds. The van der Waals surface area contributed by atoms with Crippen LogP contribution in [0.25, 0.3) is 0 Å². The van der Waals surface area contributed by atoms with E-state index in [0.29, 0.717) is 39.5 Å². The number of hydrogen-bond donors (Lipinski definition) is 0. The number of benzene rings is 4. The third-order valence-corrected chi connectivity index (χ3v) is 6.69. The summed E-state index contributed by atoms with van der Waals surface area (Å²) in [6.45, 7) is 6.63. The van der Waals surface area contributed by atoms with E-state index in [2.05, 4.69) is 0 Å². The number of nitrogens with zero attached hydrogens (tertiary/aromatic N) is 1. The Balaban J connectivity index is 1.54. The SMILES string of the molecule is CCOCCOc1cc(COCc2ccccc2)cc(C=NC(Cc2ccccc2)C(=O)OCc2ccccc2)c1C. The van der Waals surface area contributed by atoms with Gasteiger partial charge in [0, 0.05) is 19.2 Å². The van der Waals surface area contributed by atoms with Crippen molar-refractivity contribution < 1.29 is 23.7 Å². The molecule has 4 aromatic rings. The zero-order valence-corrected chi connectivity index (χ0v) is 24.4. The molecular weight excluding hydrogens is 526 g/mol. The topological polar surface area (TPSA) is 66.3 Å². The highest BCUT2D eigenvalue weighted by molar-refractivity contribution is 5.86. The van der Waals surface area contributed by atoms with Gasteiger partial charge in [0.05, 0.1) is 19.8 Å². The quantitative estimate of drug-likeness (QED) is 0.0840. The van der Waals surface area contributed by atoms with Crippen LogP contribution in [0.5, 0.6) is 5.75 Å². The first kappa shape index (κ1) is 30.7. The lowest BCUT2D eigenvalue weighted by Gasteiger charge is -2.16. The van der Waals surface area contributed by atoms with E-state index in [1.54, 1.807) is 6.21 Å². The maximum absolute atomic E-state index is 13.2. The van der Waals surface area contributed by atoms with Crippen LogP contribution in [-0.4, -0.2) is 38.0 Å². The van der Waals surface area contributed by atoms with Gasteiger partial charge in [0.25, 0.3) is 0 Å². The van der Waals surface area contributed by atoms with Gasteiger partial charge < -0.3 is 18.9 Å². The summed E-state index contributed by atoms with van der Waals surface area (Å²) in [6, 6.07) is 32.9. The maximum atomic E-state index is 13.2. The molecule has 1 unspecified atom stereocenters. The zero-order chi connectivity index (χ0) is 29.4. The highest BCUT2D eigenvalue weighted by atomic mass is 16.5. The minimum atomic E-state index is -0.698. The fourth-order valence-corrected chi connectivity index (χ4v) is 4.38. The zero-order valence-electron chi connectivity index (χ0n) is 24.4. The highest BCUT2D eigenvalue weighted by Gasteiger charge is 2.20. The van der Waals surface area contributed by atoms with Gasteiger partial charge in [-0.2, -0.15) is 0 Å². The van der Waals surface area contributed by atoms with Crippen molar-refractivity contribution in [2.24, 2.45) is 4.99 Å². The van der Waals surface area contributed by atoms with E-state index >= 15 is 0 Å². The lowest BCUT2D eigenvalue weighted by Crippen LogP contribution is -2.24. The molecular formula is C36H39NO5. The number of carbonyl (C=O) groups is 1. The van der Waals surface area contributed by atoms with Crippen LogP contribution < -0.4 is 4.74 Å². The normalized spacial score (nSPS) is 11.9. The van der Waals surface area contributed by atoms with Gasteiger partial charge in [0.1, 0.15) is 19.0 Å². The van der Waals surface area contributed by atoms with E-state index in [1.807, 2.05) is 117 Å². The molecule has 0 fully saturated rings. The van der Waals surface area contributed by atoms with E-state index in [1.165, 1.54) is 0 Å². The molecule has 0 aromatic heterocycles. The predicted octanol–water partition coefficient (Wildman–Crippen LogP) is 6.90. The molecule has 0 radical (unpaired) electrons. The summed E-state index contributed by atoms with van der Waals surface area (Å²) in [5.74, 6) is 0.371.